The van der Waals surface area contributed by atoms with E-state index in [4.69, 9.17) is 0 Å². The fourth-order valence-electron chi connectivity index (χ4n) is 1.95. The Morgan fingerprint density at radius 1 is 1.21 bits per heavy atom. The third kappa shape index (κ3) is 3.26. The van der Waals surface area contributed by atoms with Crippen molar-refractivity contribution in [1.82, 2.24) is 0 Å². The monoisotopic (exact) mass is 323 g/mol. The van der Waals surface area contributed by atoms with E-state index >= 15 is 0 Å². The Morgan fingerprint density at radius 2 is 1.95 bits per heavy atom. The summed E-state index contributed by atoms with van der Waals surface area (Å²) < 4.78 is 14.0. The fraction of sp³-hybridized carbons (Fsp3) is 0.200. The number of aromatic hydroxyl groups is 1. The molecule has 0 spiro atoms. The third-order valence-corrected chi connectivity index (χ3v) is 3.89. The van der Waals surface area contributed by atoms with Gasteiger partial charge in [-0.25, -0.2) is 4.39 Å². The predicted octanol–water partition coefficient (Wildman–Crippen LogP) is 4.78. The number of phenolic OH excluding ortho intramolecular Hbond substituents is 1. The van der Waals surface area contributed by atoms with E-state index in [1.54, 1.807) is 6.07 Å². The number of halogens is 2. The van der Waals surface area contributed by atoms with Crippen LogP contribution in [-0.2, 0) is 0 Å². The van der Waals surface area contributed by atoms with E-state index in [9.17, 15) is 9.50 Å². The van der Waals surface area contributed by atoms with Crippen molar-refractivity contribution in [2.75, 3.05) is 5.32 Å². The Labute approximate surface area is 120 Å². The lowest BCUT2D eigenvalue weighted by Gasteiger charge is -2.17. The summed E-state index contributed by atoms with van der Waals surface area (Å²) in [5.41, 5.74) is 2.75. The highest BCUT2D eigenvalue weighted by Gasteiger charge is 2.11. The standard InChI is InChI=1S/C15H15BrFNO/c1-9-7-12(4-6-14(9)16)18-10(2)13-5-3-11(17)8-15(13)19/h3-8,10,18-19H,1-2H3. The topological polar surface area (TPSA) is 32.3 Å². The summed E-state index contributed by atoms with van der Waals surface area (Å²) in [7, 11) is 0. The Kier molecular flexibility index (Phi) is 4.10. The summed E-state index contributed by atoms with van der Waals surface area (Å²) in [5.74, 6) is -0.471. The van der Waals surface area contributed by atoms with Crippen LogP contribution < -0.4 is 5.32 Å². The van der Waals surface area contributed by atoms with Crippen LogP contribution in [0.2, 0.25) is 0 Å². The maximum Gasteiger partial charge on any atom is 0.126 e. The number of rotatable bonds is 3. The molecule has 0 radical (unpaired) electrons. The molecule has 2 aromatic carbocycles. The zero-order valence-corrected chi connectivity index (χ0v) is 12.3. The lowest BCUT2D eigenvalue weighted by atomic mass is 10.1. The van der Waals surface area contributed by atoms with E-state index in [0.717, 1.165) is 21.8 Å². The van der Waals surface area contributed by atoms with Crippen molar-refractivity contribution >= 4 is 21.6 Å². The van der Waals surface area contributed by atoms with Gasteiger partial charge >= 0.3 is 0 Å². The average Bonchev–Trinajstić information content (AvgIpc) is 2.33. The average molecular weight is 324 g/mol. The van der Waals surface area contributed by atoms with Crippen LogP contribution in [-0.4, -0.2) is 5.11 Å². The van der Waals surface area contributed by atoms with Crippen LogP contribution in [0.25, 0.3) is 0 Å². The first-order chi connectivity index (χ1) is 8.97. The molecule has 0 aliphatic rings. The molecular weight excluding hydrogens is 309 g/mol. The summed E-state index contributed by atoms with van der Waals surface area (Å²) in [6.07, 6.45) is 0. The highest BCUT2D eigenvalue weighted by molar-refractivity contribution is 9.10. The van der Waals surface area contributed by atoms with E-state index in [0.29, 0.717) is 5.56 Å². The van der Waals surface area contributed by atoms with Gasteiger partial charge in [0, 0.05) is 21.8 Å². The van der Waals surface area contributed by atoms with Crippen LogP contribution in [0, 0.1) is 12.7 Å². The summed E-state index contributed by atoms with van der Waals surface area (Å²) in [4.78, 5) is 0. The zero-order chi connectivity index (χ0) is 14.0. The minimum Gasteiger partial charge on any atom is -0.507 e. The quantitative estimate of drug-likeness (QED) is 0.852. The molecule has 2 nitrogen and oxygen atoms in total. The normalized spacial score (nSPS) is 12.2. The number of hydrogen-bond acceptors (Lipinski definition) is 2. The van der Waals surface area contributed by atoms with E-state index < -0.39 is 5.82 Å². The van der Waals surface area contributed by atoms with Crippen LogP contribution in [0.3, 0.4) is 0 Å². The van der Waals surface area contributed by atoms with Crippen LogP contribution >= 0.6 is 15.9 Å². The van der Waals surface area contributed by atoms with Crippen molar-refractivity contribution < 1.29 is 9.50 Å². The Bertz CT molecular complexity index is 601. The second-order valence-corrected chi connectivity index (χ2v) is 5.39. The second-order valence-electron chi connectivity index (χ2n) is 4.53. The highest BCUT2D eigenvalue weighted by Crippen LogP contribution is 2.28. The third-order valence-electron chi connectivity index (χ3n) is 3.00. The molecule has 0 bridgehead atoms. The molecule has 1 unspecified atom stereocenters. The maximum absolute atomic E-state index is 12.9. The molecule has 19 heavy (non-hydrogen) atoms. The molecule has 0 aromatic heterocycles. The Balaban J connectivity index is 2.20. The number of anilines is 1. The summed E-state index contributed by atoms with van der Waals surface area (Å²) >= 11 is 3.45. The summed E-state index contributed by atoms with van der Waals surface area (Å²) in [5, 5.41) is 13.0. The first kappa shape index (κ1) is 13.9. The molecule has 0 saturated carbocycles. The largest absolute Gasteiger partial charge is 0.507 e. The van der Waals surface area contributed by atoms with Crippen LogP contribution in [0.15, 0.2) is 40.9 Å². The molecule has 4 heteroatoms. The van der Waals surface area contributed by atoms with Crippen LogP contribution in [0.1, 0.15) is 24.1 Å². The van der Waals surface area contributed by atoms with Gasteiger partial charge in [-0.1, -0.05) is 22.0 Å². The van der Waals surface area contributed by atoms with E-state index in [1.807, 2.05) is 32.0 Å². The van der Waals surface area contributed by atoms with Crippen LogP contribution in [0.5, 0.6) is 5.75 Å². The van der Waals surface area contributed by atoms with Gasteiger partial charge in [0.15, 0.2) is 0 Å². The summed E-state index contributed by atoms with van der Waals surface area (Å²) in [6.45, 7) is 3.93. The number of hydrogen-bond donors (Lipinski definition) is 2. The van der Waals surface area contributed by atoms with Gasteiger partial charge in [-0.15, -0.1) is 0 Å². The molecule has 0 aliphatic carbocycles. The molecule has 1 atom stereocenters. The number of phenols is 1. The van der Waals surface area contributed by atoms with Crippen molar-refractivity contribution in [3.05, 3.63) is 57.8 Å². The second kappa shape index (κ2) is 5.61. The highest BCUT2D eigenvalue weighted by atomic mass is 79.9. The van der Waals surface area contributed by atoms with Gasteiger partial charge in [-0.3, -0.25) is 0 Å². The lowest BCUT2D eigenvalue weighted by molar-refractivity contribution is 0.459. The van der Waals surface area contributed by atoms with Gasteiger partial charge in [-0.05, 0) is 43.7 Å². The lowest BCUT2D eigenvalue weighted by Crippen LogP contribution is -2.07. The van der Waals surface area contributed by atoms with Gasteiger partial charge in [0.1, 0.15) is 11.6 Å². The first-order valence-electron chi connectivity index (χ1n) is 5.98. The Morgan fingerprint density at radius 3 is 2.58 bits per heavy atom. The van der Waals surface area contributed by atoms with Crippen molar-refractivity contribution in [1.29, 1.82) is 0 Å². The molecule has 2 N–H and O–H groups in total. The maximum atomic E-state index is 12.9. The molecule has 0 aliphatic heterocycles. The summed E-state index contributed by atoms with van der Waals surface area (Å²) in [6, 6.07) is 9.89. The molecule has 2 rings (SSSR count). The van der Waals surface area contributed by atoms with Gasteiger partial charge in [-0.2, -0.15) is 0 Å². The van der Waals surface area contributed by atoms with E-state index in [-0.39, 0.29) is 11.8 Å². The molecule has 100 valence electrons. The smallest absolute Gasteiger partial charge is 0.126 e. The van der Waals surface area contributed by atoms with Crippen molar-refractivity contribution in [2.45, 2.75) is 19.9 Å². The SMILES string of the molecule is Cc1cc(NC(C)c2ccc(F)cc2O)ccc1Br. The fourth-order valence-corrected chi connectivity index (χ4v) is 2.19. The van der Waals surface area contributed by atoms with Crippen molar-refractivity contribution in [2.24, 2.45) is 0 Å². The van der Waals surface area contributed by atoms with Crippen LogP contribution in [0.4, 0.5) is 10.1 Å². The predicted molar refractivity (Wildman–Crippen MR) is 79.0 cm³/mol. The number of benzene rings is 2. The van der Waals surface area contributed by atoms with Crippen molar-refractivity contribution in [3.63, 3.8) is 0 Å². The number of nitrogens with one attached hydrogen (secondary N) is 1. The molecule has 0 fully saturated rings. The van der Waals surface area contributed by atoms with E-state index in [1.165, 1.54) is 6.07 Å². The minimum absolute atomic E-state index is 0.0335. The first-order valence-corrected chi connectivity index (χ1v) is 6.78. The zero-order valence-electron chi connectivity index (χ0n) is 10.7. The molecular formula is C15H15BrFNO. The van der Waals surface area contributed by atoms with Gasteiger partial charge < -0.3 is 10.4 Å². The molecule has 0 heterocycles. The van der Waals surface area contributed by atoms with Crippen molar-refractivity contribution in [3.8, 4) is 5.75 Å². The molecule has 0 saturated heterocycles. The van der Waals surface area contributed by atoms with Gasteiger partial charge in [0.25, 0.3) is 0 Å². The molecule has 2 aromatic rings. The van der Waals surface area contributed by atoms with Gasteiger partial charge in [0.2, 0.25) is 0 Å². The Hall–Kier alpha value is -1.55. The number of aryl methyl sites for hydroxylation is 1. The minimum atomic E-state index is -0.437. The van der Waals surface area contributed by atoms with E-state index in [2.05, 4.69) is 21.2 Å². The molecule has 0 amide bonds. The van der Waals surface area contributed by atoms with Gasteiger partial charge in [0.05, 0.1) is 6.04 Å².